The molecule has 0 aliphatic rings. The summed E-state index contributed by atoms with van der Waals surface area (Å²) in [4.78, 5) is 9.69. The van der Waals surface area contributed by atoms with Crippen molar-refractivity contribution < 1.29 is 17.5 Å². The molecular weight excluding hydrogens is 242 g/mol. The molecule has 0 radical (unpaired) electrons. The van der Waals surface area contributed by atoms with Crippen molar-refractivity contribution in [3.05, 3.63) is 27.6 Å². The van der Waals surface area contributed by atoms with Gasteiger partial charge in [-0.15, -0.1) is 11.3 Å². The summed E-state index contributed by atoms with van der Waals surface area (Å²) in [6.45, 7) is 2.16. The quantitative estimate of drug-likeness (QED) is 0.350. The molecule has 0 fully saturated rings. The molecule has 0 atom stereocenters. The molecule has 0 N–H and O–H groups in total. The average molecular weight is 251 g/mol. The third-order valence-electron chi connectivity index (χ3n) is 1.49. The van der Waals surface area contributed by atoms with E-state index in [1.54, 1.807) is 5.38 Å². The molecule has 0 aliphatic heterocycles. The molecule has 0 saturated heterocycles. The molecule has 84 valence electrons. The molecule has 0 unspecified atom stereocenters. The number of thiophene rings is 1. The molecule has 0 amide bonds. The van der Waals surface area contributed by atoms with Crippen molar-refractivity contribution in [3.63, 3.8) is 0 Å². The summed E-state index contributed by atoms with van der Waals surface area (Å²) in [7, 11) is -4.04. The summed E-state index contributed by atoms with van der Waals surface area (Å²) >= 11 is 0.947. The highest BCUT2D eigenvalue weighted by Crippen LogP contribution is 2.23. The Morgan fingerprint density at radius 3 is 2.53 bits per heavy atom. The van der Waals surface area contributed by atoms with E-state index in [4.69, 9.17) is 0 Å². The Bertz CT molecular complexity index is 448. The zero-order valence-electron chi connectivity index (χ0n) is 8.04. The van der Waals surface area contributed by atoms with Crippen LogP contribution in [-0.2, 0) is 14.3 Å². The van der Waals surface area contributed by atoms with Gasteiger partial charge in [-0.2, -0.15) is 12.6 Å². The first-order valence-corrected chi connectivity index (χ1v) is 6.18. The second-order valence-electron chi connectivity index (χ2n) is 3.17. The van der Waals surface area contributed by atoms with Crippen LogP contribution in [0.5, 0.6) is 0 Å². The lowest BCUT2D eigenvalue weighted by Crippen LogP contribution is -2.36. The van der Waals surface area contributed by atoms with Gasteiger partial charge in [0.25, 0.3) is 0 Å². The fourth-order valence-corrected chi connectivity index (χ4v) is 2.86. The second kappa shape index (κ2) is 3.87. The Balaban J connectivity index is 2.97. The number of hydrogen-bond donors (Lipinski definition) is 0. The highest BCUT2D eigenvalue weighted by atomic mass is 32.3. The largest absolute Gasteiger partial charge is 0.333 e. The van der Waals surface area contributed by atoms with Gasteiger partial charge in [0.2, 0.25) is 0 Å². The van der Waals surface area contributed by atoms with E-state index in [0.717, 1.165) is 25.2 Å². The van der Waals surface area contributed by atoms with Crippen molar-refractivity contribution in [2.24, 2.45) is 0 Å². The highest BCUT2D eigenvalue weighted by Gasteiger charge is 2.38. The molecule has 0 aromatic carbocycles. The van der Waals surface area contributed by atoms with E-state index in [9.17, 15) is 18.5 Å². The lowest BCUT2D eigenvalue weighted by atomic mass is 10.3. The van der Waals surface area contributed by atoms with Gasteiger partial charge in [-0.25, -0.2) is 0 Å². The zero-order valence-corrected chi connectivity index (χ0v) is 9.67. The van der Waals surface area contributed by atoms with Crippen LogP contribution < -0.4 is 0 Å². The van der Waals surface area contributed by atoms with E-state index in [-0.39, 0.29) is 4.21 Å². The van der Waals surface area contributed by atoms with Gasteiger partial charge in [0.15, 0.2) is 0 Å². The van der Waals surface area contributed by atoms with Gasteiger partial charge in [0.05, 0.1) is 4.92 Å². The molecule has 1 aromatic heterocycles. The normalized spacial score (nSPS) is 12.7. The summed E-state index contributed by atoms with van der Waals surface area (Å²) in [5, 5.41) is 12.0. The second-order valence-corrected chi connectivity index (χ2v) is 5.89. The van der Waals surface area contributed by atoms with Crippen LogP contribution in [0.2, 0.25) is 0 Å². The minimum Gasteiger partial charge on any atom is -0.262 e. The number of rotatable bonds is 4. The fraction of sp³-hybridized carbons (Fsp3) is 0.429. The van der Waals surface area contributed by atoms with Crippen LogP contribution in [0.15, 0.2) is 21.7 Å². The van der Waals surface area contributed by atoms with Crippen molar-refractivity contribution in [2.45, 2.75) is 23.8 Å². The van der Waals surface area contributed by atoms with Crippen molar-refractivity contribution in [3.8, 4) is 0 Å². The maximum Gasteiger partial charge on any atom is 0.333 e. The summed E-state index contributed by atoms with van der Waals surface area (Å²) in [6.07, 6.45) is 0. The van der Waals surface area contributed by atoms with Crippen LogP contribution in [0.25, 0.3) is 0 Å². The third-order valence-corrected chi connectivity index (χ3v) is 4.31. The molecule has 0 bridgehead atoms. The Morgan fingerprint density at radius 2 is 2.13 bits per heavy atom. The highest BCUT2D eigenvalue weighted by molar-refractivity contribution is 7.89. The molecule has 6 nitrogen and oxygen atoms in total. The number of nitro groups is 1. The lowest BCUT2D eigenvalue weighted by Gasteiger charge is -2.14. The van der Waals surface area contributed by atoms with Crippen LogP contribution in [0.3, 0.4) is 0 Å². The topological polar surface area (TPSA) is 86.5 Å². The first-order chi connectivity index (χ1) is 6.76. The molecule has 0 saturated carbocycles. The van der Waals surface area contributed by atoms with E-state index in [2.05, 4.69) is 4.18 Å². The van der Waals surface area contributed by atoms with Crippen LogP contribution in [0.4, 0.5) is 0 Å². The Labute approximate surface area is 90.8 Å². The number of nitrogens with zero attached hydrogens (tertiary/aromatic N) is 1. The minimum atomic E-state index is -4.04. The maximum absolute atomic E-state index is 11.5. The molecule has 0 aliphatic carbocycles. The fourth-order valence-electron chi connectivity index (χ4n) is 0.746. The maximum atomic E-state index is 11.5. The predicted octanol–water partition coefficient (Wildman–Crippen LogP) is 1.47. The van der Waals surface area contributed by atoms with Crippen molar-refractivity contribution in [2.75, 3.05) is 0 Å². The van der Waals surface area contributed by atoms with Gasteiger partial charge in [-0.1, -0.05) is 6.07 Å². The van der Waals surface area contributed by atoms with Gasteiger partial charge in [-0.05, 0) is 11.4 Å². The predicted molar refractivity (Wildman–Crippen MR) is 53.7 cm³/mol. The Hall–Kier alpha value is -0.990. The molecular formula is C7H9NO5S2. The van der Waals surface area contributed by atoms with Crippen molar-refractivity contribution in [1.82, 2.24) is 0 Å². The molecule has 0 spiro atoms. The zero-order chi connectivity index (χ0) is 11.7. The summed E-state index contributed by atoms with van der Waals surface area (Å²) < 4.78 is 27.5. The van der Waals surface area contributed by atoms with Gasteiger partial charge in [0.1, 0.15) is 4.21 Å². The van der Waals surface area contributed by atoms with Crippen molar-refractivity contribution >= 4 is 21.5 Å². The third kappa shape index (κ3) is 2.74. The molecule has 1 aromatic rings. The molecule has 15 heavy (non-hydrogen) atoms. The summed E-state index contributed by atoms with van der Waals surface area (Å²) in [6, 6.07) is 2.86. The standard InChI is InChI=1S/C7H9NO5S2/c1-7(2,8(9)10)13-15(11,12)6-4-3-5-14-6/h3-5H,1-2H3. The summed E-state index contributed by atoms with van der Waals surface area (Å²) in [5.74, 6) is 0. The van der Waals surface area contributed by atoms with E-state index >= 15 is 0 Å². The monoisotopic (exact) mass is 251 g/mol. The Morgan fingerprint density at radius 1 is 1.53 bits per heavy atom. The van der Waals surface area contributed by atoms with E-state index in [1.807, 2.05) is 0 Å². The van der Waals surface area contributed by atoms with E-state index in [1.165, 1.54) is 12.1 Å². The van der Waals surface area contributed by atoms with Crippen molar-refractivity contribution in [1.29, 1.82) is 0 Å². The number of hydrogen-bond acceptors (Lipinski definition) is 6. The first-order valence-electron chi connectivity index (χ1n) is 3.89. The van der Waals surface area contributed by atoms with Gasteiger partial charge in [0, 0.05) is 13.8 Å². The van der Waals surface area contributed by atoms with Crippen LogP contribution >= 0.6 is 11.3 Å². The summed E-state index contributed by atoms with van der Waals surface area (Å²) in [5.41, 5.74) is -1.96. The van der Waals surface area contributed by atoms with E-state index < -0.39 is 20.8 Å². The smallest absolute Gasteiger partial charge is 0.262 e. The Kier molecular flexibility index (Phi) is 3.12. The SMILES string of the molecule is CC(C)(OS(=O)(=O)c1cccs1)[N+](=O)[O-]. The first kappa shape index (κ1) is 12.1. The minimum absolute atomic E-state index is 0.0441. The average Bonchev–Trinajstić information content (AvgIpc) is 2.53. The van der Waals surface area contributed by atoms with Gasteiger partial charge < -0.3 is 0 Å². The van der Waals surface area contributed by atoms with Crippen LogP contribution in [0.1, 0.15) is 13.8 Å². The lowest BCUT2D eigenvalue weighted by molar-refractivity contribution is -0.605. The molecule has 1 heterocycles. The molecule has 1 rings (SSSR count). The van der Waals surface area contributed by atoms with Crippen LogP contribution in [0, 0.1) is 10.1 Å². The van der Waals surface area contributed by atoms with E-state index in [0.29, 0.717) is 0 Å². The van der Waals surface area contributed by atoms with Gasteiger partial charge in [-0.3, -0.25) is 10.1 Å². The van der Waals surface area contributed by atoms with Gasteiger partial charge >= 0.3 is 15.8 Å². The molecule has 8 heteroatoms. The van der Waals surface area contributed by atoms with Crippen LogP contribution in [-0.4, -0.2) is 19.1 Å².